The summed E-state index contributed by atoms with van der Waals surface area (Å²) in [6.45, 7) is 8.37. The van der Waals surface area contributed by atoms with E-state index in [1.165, 1.54) is 0 Å². The number of nitrogens with zero attached hydrogens (tertiary/aromatic N) is 1. The Balaban J connectivity index is 4.09. The monoisotopic (exact) mass is 197 g/mol. The summed E-state index contributed by atoms with van der Waals surface area (Å²) < 4.78 is 0. The minimum atomic E-state index is 0.668. The van der Waals surface area contributed by atoms with Crippen LogP contribution in [0.2, 0.25) is 0 Å². The molecule has 0 saturated heterocycles. The van der Waals surface area contributed by atoms with Crippen molar-refractivity contribution in [3.05, 3.63) is 23.9 Å². The fourth-order valence-corrected chi connectivity index (χ4v) is 1.43. The smallest absolute Gasteiger partial charge is 0.0498 e. The first kappa shape index (κ1) is 12.5. The lowest BCUT2D eigenvalue weighted by Gasteiger charge is -2.03. The topological polar surface area (TPSA) is 12.4 Å². The van der Waals surface area contributed by atoms with Crippen molar-refractivity contribution in [1.82, 2.24) is 0 Å². The van der Waals surface area contributed by atoms with Gasteiger partial charge in [-0.15, -0.1) is 0 Å². The van der Waals surface area contributed by atoms with E-state index in [9.17, 15) is 0 Å². The summed E-state index contributed by atoms with van der Waals surface area (Å²) in [6, 6.07) is 0. The van der Waals surface area contributed by atoms with Crippen LogP contribution >= 0.6 is 11.8 Å². The molecular formula is C11H19NS. The van der Waals surface area contributed by atoms with Gasteiger partial charge in [0.1, 0.15) is 0 Å². The molecule has 0 aliphatic heterocycles. The molecule has 0 aromatic rings. The predicted octanol–water partition coefficient (Wildman–Crippen LogP) is 3.68. The van der Waals surface area contributed by atoms with E-state index in [0.717, 1.165) is 11.4 Å². The van der Waals surface area contributed by atoms with Gasteiger partial charge in [0.05, 0.1) is 0 Å². The molecule has 0 saturated carbocycles. The fraction of sp³-hybridized carbons (Fsp3) is 0.545. The lowest BCUT2D eigenvalue weighted by atomic mass is 10.4. The molecule has 0 aromatic carbocycles. The maximum atomic E-state index is 4.30. The first-order valence-electron chi connectivity index (χ1n) is 4.62. The van der Waals surface area contributed by atoms with Crippen molar-refractivity contribution in [3.63, 3.8) is 0 Å². The van der Waals surface area contributed by atoms with Gasteiger partial charge in [-0.25, -0.2) is 0 Å². The Morgan fingerprint density at radius 3 is 2.54 bits per heavy atom. The molecule has 0 radical (unpaired) electrons. The summed E-state index contributed by atoms with van der Waals surface area (Å²) in [5.41, 5.74) is 1.14. The number of aliphatic imine (C=N–C) groups is 1. The quantitative estimate of drug-likeness (QED) is 0.484. The zero-order chi connectivity index (χ0) is 10.1. The van der Waals surface area contributed by atoms with Crippen molar-refractivity contribution in [3.8, 4) is 0 Å². The first-order valence-corrected chi connectivity index (χ1v) is 5.67. The van der Waals surface area contributed by atoms with Crippen molar-refractivity contribution in [2.45, 2.75) is 32.9 Å². The molecule has 2 heteroatoms. The van der Waals surface area contributed by atoms with Gasteiger partial charge in [0.2, 0.25) is 0 Å². The van der Waals surface area contributed by atoms with Gasteiger partial charge in [-0.3, -0.25) is 4.99 Å². The van der Waals surface area contributed by atoms with E-state index in [0.29, 0.717) is 5.25 Å². The number of thioether (sulfide) groups is 1. The number of hydrogen-bond donors (Lipinski definition) is 0. The van der Waals surface area contributed by atoms with E-state index >= 15 is 0 Å². The van der Waals surface area contributed by atoms with Crippen molar-refractivity contribution in [2.24, 2.45) is 4.99 Å². The average Bonchev–Trinajstić information content (AvgIpc) is 2.09. The van der Waals surface area contributed by atoms with Gasteiger partial charge in [0, 0.05) is 17.7 Å². The number of allylic oxidation sites excluding steroid dienone is 3. The SMILES string of the molecule is CC=N/C(=C\C=C/C)CSC(C)C. The Hall–Kier alpha value is -0.500. The Morgan fingerprint density at radius 2 is 2.08 bits per heavy atom. The van der Waals surface area contributed by atoms with Crippen LogP contribution in [0.25, 0.3) is 0 Å². The van der Waals surface area contributed by atoms with Crippen LogP contribution in [0.15, 0.2) is 28.9 Å². The molecule has 0 aliphatic rings. The Labute approximate surface area is 86.0 Å². The molecule has 0 bridgehead atoms. The van der Waals surface area contributed by atoms with E-state index in [4.69, 9.17) is 0 Å². The molecule has 0 atom stereocenters. The third-order valence-corrected chi connectivity index (χ3v) is 2.47. The second-order valence-electron chi connectivity index (χ2n) is 2.93. The summed E-state index contributed by atoms with van der Waals surface area (Å²) in [5.74, 6) is 0.992. The molecule has 74 valence electrons. The molecule has 1 nitrogen and oxygen atoms in total. The number of hydrogen-bond acceptors (Lipinski definition) is 2. The summed E-state index contributed by atoms with van der Waals surface area (Å²) in [4.78, 5) is 4.30. The van der Waals surface area contributed by atoms with Crippen LogP contribution in [-0.4, -0.2) is 17.2 Å². The van der Waals surface area contributed by atoms with E-state index in [1.807, 2.05) is 44.0 Å². The van der Waals surface area contributed by atoms with Gasteiger partial charge in [-0.1, -0.05) is 26.0 Å². The van der Waals surface area contributed by atoms with Crippen LogP contribution < -0.4 is 0 Å². The Kier molecular flexibility index (Phi) is 7.80. The van der Waals surface area contributed by atoms with Crippen molar-refractivity contribution >= 4 is 18.0 Å². The molecule has 0 amide bonds. The van der Waals surface area contributed by atoms with Crippen LogP contribution in [0.3, 0.4) is 0 Å². The van der Waals surface area contributed by atoms with Gasteiger partial charge in [0.25, 0.3) is 0 Å². The van der Waals surface area contributed by atoms with Crippen molar-refractivity contribution in [1.29, 1.82) is 0 Å². The third-order valence-electron chi connectivity index (χ3n) is 1.34. The summed E-state index contributed by atoms with van der Waals surface area (Å²) in [5, 5.41) is 0.668. The van der Waals surface area contributed by atoms with Crippen LogP contribution in [0.1, 0.15) is 27.7 Å². The second-order valence-corrected chi connectivity index (χ2v) is 4.50. The van der Waals surface area contributed by atoms with E-state index in [2.05, 4.69) is 24.9 Å². The zero-order valence-corrected chi connectivity index (χ0v) is 9.77. The highest BCUT2D eigenvalue weighted by Gasteiger charge is 1.96. The molecule has 0 spiro atoms. The molecule has 13 heavy (non-hydrogen) atoms. The number of rotatable bonds is 5. The van der Waals surface area contributed by atoms with Crippen molar-refractivity contribution < 1.29 is 0 Å². The molecule has 0 fully saturated rings. The van der Waals surface area contributed by atoms with Crippen molar-refractivity contribution in [2.75, 3.05) is 5.75 Å². The predicted molar refractivity (Wildman–Crippen MR) is 64.7 cm³/mol. The van der Waals surface area contributed by atoms with Gasteiger partial charge < -0.3 is 0 Å². The Morgan fingerprint density at radius 1 is 1.38 bits per heavy atom. The van der Waals surface area contributed by atoms with E-state index < -0.39 is 0 Å². The molecule has 0 aliphatic carbocycles. The minimum absolute atomic E-state index is 0.668. The van der Waals surface area contributed by atoms with Gasteiger partial charge in [0.15, 0.2) is 0 Å². The summed E-state index contributed by atoms with van der Waals surface area (Å²) in [7, 11) is 0. The lowest BCUT2D eigenvalue weighted by Crippen LogP contribution is -1.91. The van der Waals surface area contributed by atoms with E-state index in [-0.39, 0.29) is 0 Å². The summed E-state index contributed by atoms with van der Waals surface area (Å²) in [6.07, 6.45) is 7.96. The van der Waals surface area contributed by atoms with Crippen LogP contribution in [0, 0.1) is 0 Å². The summed E-state index contributed by atoms with van der Waals surface area (Å²) >= 11 is 1.91. The van der Waals surface area contributed by atoms with Gasteiger partial charge in [-0.2, -0.15) is 11.8 Å². The maximum Gasteiger partial charge on any atom is 0.0498 e. The highest BCUT2D eigenvalue weighted by Crippen LogP contribution is 2.14. The standard InChI is InChI=1S/C11H19NS/c1-5-7-8-11(12-6-2)9-13-10(3)4/h5-8,10H,9H2,1-4H3/b7-5-,11-8-,12-6?. The zero-order valence-electron chi connectivity index (χ0n) is 8.95. The molecule has 0 heterocycles. The molecule has 0 unspecified atom stereocenters. The highest BCUT2D eigenvalue weighted by molar-refractivity contribution is 8.00. The lowest BCUT2D eigenvalue weighted by molar-refractivity contribution is 1.11. The fourth-order valence-electron chi connectivity index (χ4n) is 0.754. The largest absolute Gasteiger partial charge is 0.265 e. The van der Waals surface area contributed by atoms with Gasteiger partial charge >= 0.3 is 0 Å². The van der Waals surface area contributed by atoms with Crippen LogP contribution in [-0.2, 0) is 0 Å². The molecule has 0 rings (SSSR count). The third kappa shape index (κ3) is 7.85. The highest BCUT2D eigenvalue weighted by atomic mass is 32.2. The second kappa shape index (κ2) is 8.11. The Bertz CT molecular complexity index is 202. The average molecular weight is 197 g/mol. The van der Waals surface area contributed by atoms with Gasteiger partial charge in [-0.05, 0) is 25.2 Å². The maximum absolute atomic E-state index is 4.30. The van der Waals surface area contributed by atoms with Crippen LogP contribution in [0.5, 0.6) is 0 Å². The van der Waals surface area contributed by atoms with Crippen LogP contribution in [0.4, 0.5) is 0 Å². The first-order chi connectivity index (χ1) is 6.20. The normalized spacial score (nSPS) is 13.8. The molecular weight excluding hydrogens is 178 g/mol. The molecule has 0 aromatic heterocycles. The minimum Gasteiger partial charge on any atom is -0.265 e. The van der Waals surface area contributed by atoms with E-state index in [1.54, 1.807) is 0 Å². The molecule has 0 N–H and O–H groups in total.